The van der Waals surface area contributed by atoms with Gasteiger partial charge >= 0.3 is 0 Å². The lowest BCUT2D eigenvalue weighted by Crippen LogP contribution is -2.29. The van der Waals surface area contributed by atoms with Crippen molar-refractivity contribution in [1.82, 2.24) is 4.90 Å². The first kappa shape index (κ1) is 11.4. The summed E-state index contributed by atoms with van der Waals surface area (Å²) in [6.45, 7) is 1.47. The smallest absolute Gasteiger partial charge is 0.122 e. The molecular formula is C12H16N2OS. The molecular weight excluding hydrogens is 220 g/mol. The summed E-state index contributed by atoms with van der Waals surface area (Å²) in [5.74, 6) is 0.932. The Labute approximate surface area is 99.5 Å². The number of thiophene rings is 1. The van der Waals surface area contributed by atoms with Gasteiger partial charge < -0.3 is 10.2 Å². The SMILES string of the molecule is CN(Cc1cccs1)C(CN)c1ccco1. The summed E-state index contributed by atoms with van der Waals surface area (Å²) < 4.78 is 5.41. The van der Waals surface area contributed by atoms with Crippen LogP contribution in [0.4, 0.5) is 0 Å². The summed E-state index contributed by atoms with van der Waals surface area (Å²) in [5.41, 5.74) is 5.80. The van der Waals surface area contributed by atoms with Crippen molar-refractivity contribution in [2.45, 2.75) is 12.6 Å². The van der Waals surface area contributed by atoms with Crippen LogP contribution in [-0.2, 0) is 6.54 Å². The van der Waals surface area contributed by atoms with E-state index >= 15 is 0 Å². The molecule has 3 nitrogen and oxygen atoms in total. The first-order chi connectivity index (χ1) is 7.81. The van der Waals surface area contributed by atoms with Crippen LogP contribution in [0.15, 0.2) is 40.3 Å². The highest BCUT2D eigenvalue weighted by atomic mass is 32.1. The third-order valence-corrected chi connectivity index (χ3v) is 3.47. The molecule has 2 heterocycles. The van der Waals surface area contributed by atoms with Crippen molar-refractivity contribution >= 4 is 11.3 Å². The molecule has 1 atom stereocenters. The van der Waals surface area contributed by atoms with E-state index in [9.17, 15) is 0 Å². The number of likely N-dealkylation sites (N-methyl/N-ethyl adjacent to an activating group) is 1. The molecule has 0 aliphatic heterocycles. The van der Waals surface area contributed by atoms with Crippen molar-refractivity contribution in [1.29, 1.82) is 0 Å². The lowest BCUT2D eigenvalue weighted by Gasteiger charge is -2.24. The van der Waals surface area contributed by atoms with Gasteiger partial charge in [0, 0.05) is 18.0 Å². The van der Waals surface area contributed by atoms with Gasteiger partial charge in [-0.15, -0.1) is 11.3 Å². The maximum Gasteiger partial charge on any atom is 0.122 e. The molecule has 0 aliphatic carbocycles. The average molecular weight is 236 g/mol. The molecule has 0 fully saturated rings. The predicted octanol–water partition coefficient (Wildman–Crippen LogP) is 2.47. The van der Waals surface area contributed by atoms with Crippen LogP contribution in [0.1, 0.15) is 16.7 Å². The van der Waals surface area contributed by atoms with Gasteiger partial charge in [-0.05, 0) is 30.6 Å². The number of nitrogens with two attached hydrogens (primary N) is 1. The minimum Gasteiger partial charge on any atom is -0.468 e. The molecule has 2 rings (SSSR count). The van der Waals surface area contributed by atoms with Gasteiger partial charge in [-0.25, -0.2) is 0 Å². The van der Waals surface area contributed by atoms with Crippen molar-refractivity contribution in [2.75, 3.05) is 13.6 Å². The third kappa shape index (κ3) is 2.52. The molecule has 4 heteroatoms. The predicted molar refractivity (Wildman–Crippen MR) is 66.3 cm³/mol. The second-order valence-electron chi connectivity index (χ2n) is 3.76. The van der Waals surface area contributed by atoms with Crippen LogP contribution < -0.4 is 5.73 Å². The monoisotopic (exact) mass is 236 g/mol. The fourth-order valence-corrected chi connectivity index (χ4v) is 2.52. The van der Waals surface area contributed by atoms with Crippen LogP contribution in [0, 0.1) is 0 Å². The van der Waals surface area contributed by atoms with E-state index in [0.717, 1.165) is 12.3 Å². The lowest BCUT2D eigenvalue weighted by atomic mass is 10.2. The number of hydrogen-bond donors (Lipinski definition) is 1. The average Bonchev–Trinajstić information content (AvgIpc) is 2.91. The summed E-state index contributed by atoms with van der Waals surface area (Å²) in [5, 5.41) is 2.09. The van der Waals surface area contributed by atoms with Gasteiger partial charge in [0.1, 0.15) is 5.76 Å². The molecule has 0 radical (unpaired) electrons. The number of hydrogen-bond acceptors (Lipinski definition) is 4. The molecule has 2 aromatic rings. The molecule has 0 saturated heterocycles. The standard InChI is InChI=1S/C12H16N2OS/c1-14(9-10-4-3-7-16-10)11(8-13)12-5-2-6-15-12/h2-7,11H,8-9,13H2,1H3. The molecule has 0 saturated carbocycles. The maximum absolute atomic E-state index is 5.80. The topological polar surface area (TPSA) is 42.4 Å². The number of nitrogens with zero attached hydrogens (tertiary/aromatic N) is 1. The van der Waals surface area contributed by atoms with Crippen LogP contribution in [0.3, 0.4) is 0 Å². The lowest BCUT2D eigenvalue weighted by molar-refractivity contribution is 0.214. The van der Waals surface area contributed by atoms with Crippen molar-refractivity contribution < 1.29 is 4.42 Å². The summed E-state index contributed by atoms with van der Waals surface area (Å²) in [6, 6.07) is 8.23. The minimum absolute atomic E-state index is 0.150. The highest BCUT2D eigenvalue weighted by Gasteiger charge is 2.18. The second kappa shape index (κ2) is 5.30. The fourth-order valence-electron chi connectivity index (χ4n) is 1.75. The highest BCUT2D eigenvalue weighted by Crippen LogP contribution is 2.21. The molecule has 16 heavy (non-hydrogen) atoms. The largest absolute Gasteiger partial charge is 0.468 e. The molecule has 2 aromatic heterocycles. The summed E-state index contributed by atoms with van der Waals surface area (Å²) in [7, 11) is 2.07. The van der Waals surface area contributed by atoms with E-state index in [1.165, 1.54) is 4.88 Å². The molecule has 0 spiro atoms. The highest BCUT2D eigenvalue weighted by molar-refractivity contribution is 7.09. The van der Waals surface area contributed by atoms with Crippen molar-refractivity contribution in [3.05, 3.63) is 46.5 Å². The van der Waals surface area contributed by atoms with E-state index in [1.807, 2.05) is 12.1 Å². The Morgan fingerprint density at radius 3 is 2.88 bits per heavy atom. The van der Waals surface area contributed by atoms with Crippen LogP contribution in [-0.4, -0.2) is 18.5 Å². The van der Waals surface area contributed by atoms with Gasteiger partial charge in [-0.1, -0.05) is 6.07 Å². The number of rotatable bonds is 5. The van der Waals surface area contributed by atoms with Gasteiger partial charge in [0.2, 0.25) is 0 Å². The van der Waals surface area contributed by atoms with Crippen LogP contribution in [0.5, 0.6) is 0 Å². The first-order valence-electron chi connectivity index (χ1n) is 5.27. The van der Waals surface area contributed by atoms with Crippen molar-refractivity contribution in [3.8, 4) is 0 Å². The Kier molecular flexibility index (Phi) is 3.77. The van der Waals surface area contributed by atoms with Gasteiger partial charge in [-0.3, -0.25) is 4.90 Å². The van der Waals surface area contributed by atoms with Gasteiger partial charge in [0.25, 0.3) is 0 Å². The maximum atomic E-state index is 5.80. The zero-order chi connectivity index (χ0) is 11.4. The minimum atomic E-state index is 0.150. The zero-order valence-corrected chi connectivity index (χ0v) is 10.1. The van der Waals surface area contributed by atoms with E-state index in [2.05, 4.69) is 29.5 Å². The molecule has 1 unspecified atom stereocenters. The summed E-state index contributed by atoms with van der Waals surface area (Å²) in [6.07, 6.45) is 1.69. The summed E-state index contributed by atoms with van der Waals surface area (Å²) >= 11 is 1.76. The Bertz CT molecular complexity index is 397. The Balaban J connectivity index is 2.04. The fraction of sp³-hybridized carbons (Fsp3) is 0.333. The van der Waals surface area contributed by atoms with Gasteiger partial charge in [0.15, 0.2) is 0 Å². The van der Waals surface area contributed by atoms with Crippen LogP contribution in [0.25, 0.3) is 0 Å². The van der Waals surface area contributed by atoms with E-state index in [4.69, 9.17) is 10.2 Å². The quantitative estimate of drug-likeness (QED) is 0.867. The van der Waals surface area contributed by atoms with Crippen molar-refractivity contribution in [3.63, 3.8) is 0 Å². The molecule has 2 N–H and O–H groups in total. The van der Waals surface area contributed by atoms with E-state index in [1.54, 1.807) is 17.6 Å². The second-order valence-corrected chi connectivity index (χ2v) is 4.79. The molecule has 0 aliphatic rings. The Morgan fingerprint density at radius 1 is 1.44 bits per heavy atom. The van der Waals surface area contributed by atoms with E-state index in [-0.39, 0.29) is 6.04 Å². The van der Waals surface area contributed by atoms with E-state index in [0.29, 0.717) is 6.54 Å². The van der Waals surface area contributed by atoms with Crippen molar-refractivity contribution in [2.24, 2.45) is 5.73 Å². The number of furan rings is 1. The third-order valence-electron chi connectivity index (χ3n) is 2.61. The van der Waals surface area contributed by atoms with E-state index < -0.39 is 0 Å². The molecule has 86 valence electrons. The zero-order valence-electron chi connectivity index (χ0n) is 9.30. The Hall–Kier alpha value is -1.10. The normalized spacial score (nSPS) is 13.2. The van der Waals surface area contributed by atoms with Gasteiger partial charge in [-0.2, -0.15) is 0 Å². The Morgan fingerprint density at radius 2 is 2.31 bits per heavy atom. The molecule has 0 amide bonds. The molecule has 0 bridgehead atoms. The molecule has 0 aromatic carbocycles. The first-order valence-corrected chi connectivity index (χ1v) is 6.15. The van der Waals surface area contributed by atoms with Crippen LogP contribution >= 0.6 is 11.3 Å². The summed E-state index contributed by atoms with van der Waals surface area (Å²) in [4.78, 5) is 3.55. The van der Waals surface area contributed by atoms with Crippen LogP contribution in [0.2, 0.25) is 0 Å². The van der Waals surface area contributed by atoms with Gasteiger partial charge in [0.05, 0.1) is 12.3 Å².